The molecule has 16 heavy (non-hydrogen) atoms. The SMILES string of the molecule is COc1ccc(-c2cnc(C)n2C)c(N)c1. The number of hydrogen-bond donors (Lipinski definition) is 1. The minimum atomic E-state index is 0.697. The molecule has 0 radical (unpaired) electrons. The van der Waals surface area contributed by atoms with Crippen LogP contribution in [-0.2, 0) is 7.05 Å². The van der Waals surface area contributed by atoms with Gasteiger partial charge in [0.05, 0.1) is 19.0 Å². The number of anilines is 1. The number of benzene rings is 1. The highest BCUT2D eigenvalue weighted by molar-refractivity contribution is 5.75. The standard InChI is InChI=1S/C12H15N3O/c1-8-14-7-12(15(8)2)10-5-4-9(16-3)6-11(10)13/h4-7H,13H2,1-3H3. The van der Waals surface area contributed by atoms with Gasteiger partial charge in [0, 0.05) is 24.4 Å². The Labute approximate surface area is 94.7 Å². The Bertz CT molecular complexity index is 517. The van der Waals surface area contributed by atoms with Gasteiger partial charge < -0.3 is 15.0 Å². The Morgan fingerprint density at radius 3 is 2.62 bits per heavy atom. The zero-order valence-corrected chi connectivity index (χ0v) is 9.69. The highest BCUT2D eigenvalue weighted by atomic mass is 16.5. The fraction of sp³-hybridized carbons (Fsp3) is 0.250. The molecular formula is C12H15N3O. The Morgan fingerprint density at radius 1 is 1.38 bits per heavy atom. The summed E-state index contributed by atoms with van der Waals surface area (Å²) >= 11 is 0. The minimum absolute atomic E-state index is 0.697. The lowest BCUT2D eigenvalue weighted by molar-refractivity contribution is 0.415. The van der Waals surface area contributed by atoms with Crippen LogP contribution >= 0.6 is 0 Å². The molecule has 1 aromatic heterocycles. The van der Waals surface area contributed by atoms with Gasteiger partial charge in [-0.25, -0.2) is 4.98 Å². The summed E-state index contributed by atoms with van der Waals surface area (Å²) in [6.45, 7) is 1.96. The van der Waals surface area contributed by atoms with E-state index in [4.69, 9.17) is 10.5 Å². The van der Waals surface area contributed by atoms with E-state index in [0.29, 0.717) is 5.69 Å². The number of aryl methyl sites for hydroxylation is 1. The monoisotopic (exact) mass is 217 g/mol. The van der Waals surface area contributed by atoms with Gasteiger partial charge in [0.25, 0.3) is 0 Å². The number of methoxy groups -OCH3 is 1. The van der Waals surface area contributed by atoms with Gasteiger partial charge in [-0.1, -0.05) is 0 Å². The van der Waals surface area contributed by atoms with Crippen LogP contribution in [-0.4, -0.2) is 16.7 Å². The number of nitrogen functional groups attached to an aromatic ring is 1. The summed E-state index contributed by atoms with van der Waals surface area (Å²) in [5.41, 5.74) is 8.67. The number of nitrogens with two attached hydrogens (primary N) is 1. The van der Waals surface area contributed by atoms with Crippen molar-refractivity contribution < 1.29 is 4.74 Å². The van der Waals surface area contributed by atoms with Crippen molar-refractivity contribution in [3.05, 3.63) is 30.2 Å². The van der Waals surface area contributed by atoms with Crippen LogP contribution in [0.25, 0.3) is 11.3 Å². The lowest BCUT2D eigenvalue weighted by Crippen LogP contribution is -1.97. The Balaban J connectivity index is 2.52. The second-order valence-corrected chi connectivity index (χ2v) is 3.70. The number of hydrogen-bond acceptors (Lipinski definition) is 3. The first-order valence-corrected chi connectivity index (χ1v) is 5.05. The zero-order chi connectivity index (χ0) is 11.7. The normalized spacial score (nSPS) is 10.4. The van der Waals surface area contributed by atoms with Gasteiger partial charge in [-0.3, -0.25) is 0 Å². The number of aromatic nitrogens is 2. The first-order chi connectivity index (χ1) is 7.63. The molecule has 1 aromatic carbocycles. The van der Waals surface area contributed by atoms with Crippen molar-refractivity contribution in [1.29, 1.82) is 0 Å². The van der Waals surface area contributed by atoms with Crippen LogP contribution < -0.4 is 10.5 Å². The number of rotatable bonds is 2. The third kappa shape index (κ3) is 1.62. The van der Waals surface area contributed by atoms with Crippen LogP contribution in [0.1, 0.15) is 5.82 Å². The van der Waals surface area contributed by atoms with E-state index in [0.717, 1.165) is 22.8 Å². The highest BCUT2D eigenvalue weighted by Crippen LogP contribution is 2.29. The van der Waals surface area contributed by atoms with Gasteiger partial charge in [-0.05, 0) is 19.1 Å². The maximum atomic E-state index is 5.99. The van der Waals surface area contributed by atoms with E-state index >= 15 is 0 Å². The molecule has 0 saturated carbocycles. The van der Waals surface area contributed by atoms with Gasteiger partial charge in [0.2, 0.25) is 0 Å². The van der Waals surface area contributed by atoms with E-state index in [-0.39, 0.29) is 0 Å². The molecule has 4 heteroatoms. The van der Waals surface area contributed by atoms with Crippen LogP contribution in [0.2, 0.25) is 0 Å². The summed E-state index contributed by atoms with van der Waals surface area (Å²) in [5.74, 6) is 1.73. The third-order valence-electron chi connectivity index (χ3n) is 2.76. The number of imidazole rings is 1. The molecule has 2 rings (SSSR count). The maximum Gasteiger partial charge on any atom is 0.120 e. The predicted octanol–water partition coefficient (Wildman–Crippen LogP) is 1.99. The molecule has 0 spiro atoms. The van der Waals surface area contributed by atoms with Gasteiger partial charge in [0.15, 0.2) is 0 Å². The molecule has 0 saturated heterocycles. The van der Waals surface area contributed by atoms with Crippen molar-refractivity contribution in [3.8, 4) is 17.0 Å². The molecule has 2 N–H and O–H groups in total. The summed E-state index contributed by atoms with van der Waals surface area (Å²) in [6, 6.07) is 5.66. The number of ether oxygens (including phenoxy) is 1. The molecule has 0 atom stereocenters. The average Bonchev–Trinajstić information content (AvgIpc) is 2.60. The smallest absolute Gasteiger partial charge is 0.120 e. The summed E-state index contributed by atoms with van der Waals surface area (Å²) in [7, 11) is 3.60. The zero-order valence-electron chi connectivity index (χ0n) is 9.69. The topological polar surface area (TPSA) is 53.1 Å². The fourth-order valence-corrected chi connectivity index (χ4v) is 1.65. The highest BCUT2D eigenvalue weighted by Gasteiger charge is 2.09. The average molecular weight is 217 g/mol. The van der Waals surface area contributed by atoms with Crippen LogP contribution in [0.15, 0.2) is 24.4 Å². The number of nitrogens with zero attached hydrogens (tertiary/aromatic N) is 2. The van der Waals surface area contributed by atoms with Crippen LogP contribution in [0.3, 0.4) is 0 Å². The molecule has 0 fully saturated rings. The summed E-state index contributed by atoms with van der Waals surface area (Å²) < 4.78 is 7.13. The second-order valence-electron chi connectivity index (χ2n) is 3.70. The summed E-state index contributed by atoms with van der Waals surface area (Å²) in [6.07, 6.45) is 1.83. The van der Waals surface area contributed by atoms with Gasteiger partial charge in [-0.15, -0.1) is 0 Å². The molecule has 4 nitrogen and oxygen atoms in total. The molecule has 1 heterocycles. The van der Waals surface area contributed by atoms with Crippen molar-refractivity contribution in [2.75, 3.05) is 12.8 Å². The first kappa shape index (κ1) is 10.5. The lowest BCUT2D eigenvalue weighted by Gasteiger charge is -2.08. The Morgan fingerprint density at radius 2 is 2.12 bits per heavy atom. The minimum Gasteiger partial charge on any atom is -0.497 e. The van der Waals surface area contributed by atoms with Crippen molar-refractivity contribution in [1.82, 2.24) is 9.55 Å². The van der Waals surface area contributed by atoms with E-state index in [9.17, 15) is 0 Å². The Kier molecular flexibility index (Phi) is 2.56. The van der Waals surface area contributed by atoms with E-state index < -0.39 is 0 Å². The molecule has 0 aliphatic rings. The molecule has 0 aliphatic heterocycles. The van der Waals surface area contributed by atoms with Crippen molar-refractivity contribution >= 4 is 5.69 Å². The molecule has 2 aromatic rings. The van der Waals surface area contributed by atoms with Crippen molar-refractivity contribution in [3.63, 3.8) is 0 Å². The largest absolute Gasteiger partial charge is 0.497 e. The third-order valence-corrected chi connectivity index (χ3v) is 2.76. The molecule has 0 amide bonds. The molecule has 84 valence electrons. The van der Waals surface area contributed by atoms with E-state index in [1.807, 2.05) is 42.9 Å². The van der Waals surface area contributed by atoms with Gasteiger partial charge in [-0.2, -0.15) is 0 Å². The molecular weight excluding hydrogens is 202 g/mol. The van der Waals surface area contributed by atoms with Gasteiger partial charge >= 0.3 is 0 Å². The summed E-state index contributed by atoms with van der Waals surface area (Å²) in [5, 5.41) is 0. The fourth-order valence-electron chi connectivity index (χ4n) is 1.65. The van der Waals surface area contributed by atoms with Crippen molar-refractivity contribution in [2.45, 2.75) is 6.92 Å². The maximum absolute atomic E-state index is 5.99. The second kappa shape index (κ2) is 3.89. The first-order valence-electron chi connectivity index (χ1n) is 5.05. The molecule has 0 unspecified atom stereocenters. The van der Waals surface area contributed by atoms with Crippen molar-refractivity contribution in [2.24, 2.45) is 7.05 Å². The predicted molar refractivity (Wildman–Crippen MR) is 64.3 cm³/mol. The lowest BCUT2D eigenvalue weighted by atomic mass is 10.1. The van der Waals surface area contributed by atoms with E-state index in [1.54, 1.807) is 7.11 Å². The van der Waals surface area contributed by atoms with Gasteiger partial charge in [0.1, 0.15) is 11.6 Å². The van der Waals surface area contributed by atoms with Crippen LogP contribution in [0.5, 0.6) is 5.75 Å². The van der Waals surface area contributed by atoms with Crippen LogP contribution in [0, 0.1) is 6.92 Å². The quantitative estimate of drug-likeness (QED) is 0.783. The van der Waals surface area contributed by atoms with E-state index in [2.05, 4.69) is 4.98 Å². The van der Waals surface area contributed by atoms with Crippen LogP contribution in [0.4, 0.5) is 5.69 Å². The summed E-state index contributed by atoms with van der Waals surface area (Å²) in [4.78, 5) is 4.25. The molecule has 0 aliphatic carbocycles. The Hall–Kier alpha value is -1.97. The molecule has 0 bridgehead atoms. The van der Waals surface area contributed by atoms with E-state index in [1.165, 1.54) is 0 Å².